The van der Waals surface area contributed by atoms with Crippen molar-refractivity contribution < 1.29 is 9.18 Å². The maximum Gasteiger partial charge on any atom is 0.276 e. The molecule has 5 heteroatoms. The van der Waals surface area contributed by atoms with Crippen LogP contribution in [0.2, 0.25) is 0 Å². The molecule has 0 radical (unpaired) electrons. The summed E-state index contributed by atoms with van der Waals surface area (Å²) < 4.78 is 13.8. The highest BCUT2D eigenvalue weighted by atomic mass is 19.1. The minimum absolute atomic E-state index is 0.151. The van der Waals surface area contributed by atoms with Gasteiger partial charge >= 0.3 is 0 Å². The first-order chi connectivity index (χ1) is 12.2. The summed E-state index contributed by atoms with van der Waals surface area (Å²) in [7, 11) is 0. The van der Waals surface area contributed by atoms with Gasteiger partial charge in [0.05, 0.1) is 5.69 Å². The Kier molecular flexibility index (Phi) is 3.90. The zero-order valence-electron chi connectivity index (χ0n) is 13.4. The zero-order chi connectivity index (χ0) is 17.2. The molecule has 3 aromatic rings. The van der Waals surface area contributed by atoms with Crippen LogP contribution in [-0.2, 0) is 6.42 Å². The van der Waals surface area contributed by atoms with Crippen molar-refractivity contribution in [2.45, 2.75) is 6.42 Å². The van der Waals surface area contributed by atoms with Crippen molar-refractivity contribution in [1.29, 1.82) is 0 Å². The van der Waals surface area contributed by atoms with Gasteiger partial charge in [0.2, 0.25) is 0 Å². The van der Waals surface area contributed by atoms with E-state index in [2.05, 4.69) is 10.3 Å². The van der Waals surface area contributed by atoms with Crippen LogP contribution in [0, 0.1) is 5.82 Å². The zero-order valence-corrected chi connectivity index (χ0v) is 13.4. The van der Waals surface area contributed by atoms with Crippen LogP contribution in [0.25, 0.3) is 0 Å². The van der Waals surface area contributed by atoms with Gasteiger partial charge in [-0.2, -0.15) is 0 Å². The van der Waals surface area contributed by atoms with Gasteiger partial charge in [-0.15, -0.1) is 0 Å². The molecule has 0 unspecified atom stereocenters. The van der Waals surface area contributed by atoms with Crippen molar-refractivity contribution >= 4 is 23.0 Å². The fourth-order valence-electron chi connectivity index (χ4n) is 3.03. The molecule has 1 aliphatic heterocycles. The molecule has 1 aromatic heterocycles. The SMILES string of the molecule is O=C(c1cc(Nc2ccccc2F)ccn1)N1CCc2ccccc21. The predicted molar refractivity (Wildman–Crippen MR) is 95.7 cm³/mol. The van der Waals surface area contributed by atoms with Gasteiger partial charge in [0.15, 0.2) is 0 Å². The number of carbonyl (C=O) groups excluding carboxylic acids is 1. The van der Waals surface area contributed by atoms with Crippen molar-refractivity contribution in [3.63, 3.8) is 0 Å². The molecule has 2 heterocycles. The lowest BCUT2D eigenvalue weighted by atomic mass is 10.2. The van der Waals surface area contributed by atoms with E-state index < -0.39 is 0 Å². The Morgan fingerprint density at radius 1 is 1.08 bits per heavy atom. The van der Waals surface area contributed by atoms with Crippen molar-refractivity contribution in [3.8, 4) is 0 Å². The summed E-state index contributed by atoms with van der Waals surface area (Å²) in [6.07, 6.45) is 2.40. The lowest BCUT2D eigenvalue weighted by molar-refractivity contribution is 0.0984. The van der Waals surface area contributed by atoms with E-state index in [9.17, 15) is 9.18 Å². The number of pyridine rings is 1. The van der Waals surface area contributed by atoms with Gasteiger partial charge in [-0.3, -0.25) is 9.78 Å². The fourth-order valence-corrected chi connectivity index (χ4v) is 3.03. The molecule has 1 N–H and O–H groups in total. The Bertz CT molecular complexity index is 941. The van der Waals surface area contributed by atoms with Crippen LogP contribution in [0.5, 0.6) is 0 Å². The Morgan fingerprint density at radius 2 is 1.88 bits per heavy atom. The predicted octanol–water partition coefficient (Wildman–Crippen LogP) is 4.17. The van der Waals surface area contributed by atoms with E-state index in [-0.39, 0.29) is 11.7 Å². The number of hydrogen-bond acceptors (Lipinski definition) is 3. The lowest BCUT2D eigenvalue weighted by Crippen LogP contribution is -2.29. The van der Waals surface area contributed by atoms with E-state index in [1.165, 1.54) is 6.07 Å². The van der Waals surface area contributed by atoms with Gasteiger partial charge in [-0.1, -0.05) is 30.3 Å². The monoisotopic (exact) mass is 333 g/mol. The van der Waals surface area contributed by atoms with E-state index in [1.54, 1.807) is 41.4 Å². The van der Waals surface area contributed by atoms with Gasteiger partial charge in [-0.25, -0.2) is 4.39 Å². The highest BCUT2D eigenvalue weighted by Gasteiger charge is 2.26. The first-order valence-electron chi connectivity index (χ1n) is 8.10. The Labute approximate surface area is 144 Å². The summed E-state index contributed by atoms with van der Waals surface area (Å²) in [5, 5.41) is 2.99. The van der Waals surface area contributed by atoms with E-state index in [1.807, 2.05) is 24.3 Å². The highest BCUT2D eigenvalue weighted by Crippen LogP contribution is 2.29. The topological polar surface area (TPSA) is 45.2 Å². The number of halogens is 1. The number of hydrogen-bond donors (Lipinski definition) is 1. The molecule has 0 saturated carbocycles. The summed E-state index contributed by atoms with van der Waals surface area (Å²) in [4.78, 5) is 18.8. The average Bonchev–Trinajstić information content (AvgIpc) is 3.07. The summed E-state index contributed by atoms with van der Waals surface area (Å²) in [5.41, 5.74) is 3.41. The third kappa shape index (κ3) is 2.96. The molecule has 0 spiro atoms. The average molecular weight is 333 g/mol. The third-order valence-corrected chi connectivity index (χ3v) is 4.26. The molecule has 124 valence electrons. The second-order valence-corrected chi connectivity index (χ2v) is 5.87. The van der Waals surface area contributed by atoms with Crippen LogP contribution in [-0.4, -0.2) is 17.4 Å². The molecular weight excluding hydrogens is 317 g/mol. The van der Waals surface area contributed by atoms with Gasteiger partial charge in [0, 0.05) is 24.1 Å². The molecule has 0 atom stereocenters. The maximum atomic E-state index is 13.8. The molecule has 4 nitrogen and oxygen atoms in total. The van der Waals surface area contributed by atoms with E-state index >= 15 is 0 Å². The standard InChI is InChI=1S/C20H16FN3O/c21-16-6-2-3-7-17(16)23-15-9-11-22-18(13-15)20(25)24-12-10-14-5-1-4-8-19(14)24/h1-9,11,13H,10,12H2,(H,22,23). The highest BCUT2D eigenvalue weighted by molar-refractivity contribution is 6.06. The Hall–Kier alpha value is -3.21. The van der Waals surface area contributed by atoms with Crippen LogP contribution in [0.4, 0.5) is 21.5 Å². The van der Waals surface area contributed by atoms with Gasteiger partial charge in [0.1, 0.15) is 11.5 Å². The van der Waals surface area contributed by atoms with Crippen molar-refractivity contribution in [2.24, 2.45) is 0 Å². The van der Waals surface area contributed by atoms with Crippen LogP contribution in [0.15, 0.2) is 66.9 Å². The molecule has 0 bridgehead atoms. The number of benzene rings is 2. The van der Waals surface area contributed by atoms with Crippen LogP contribution >= 0.6 is 0 Å². The van der Waals surface area contributed by atoms with Crippen LogP contribution < -0.4 is 10.2 Å². The van der Waals surface area contributed by atoms with E-state index in [4.69, 9.17) is 0 Å². The van der Waals surface area contributed by atoms with Crippen molar-refractivity contribution in [2.75, 3.05) is 16.8 Å². The number of nitrogens with zero attached hydrogens (tertiary/aromatic N) is 2. The lowest BCUT2D eigenvalue weighted by Gasteiger charge is -2.17. The Morgan fingerprint density at radius 3 is 2.76 bits per heavy atom. The van der Waals surface area contributed by atoms with Gasteiger partial charge in [0.25, 0.3) is 5.91 Å². The molecular formula is C20H16FN3O. The first-order valence-corrected chi connectivity index (χ1v) is 8.10. The normalized spacial score (nSPS) is 12.8. The molecule has 4 rings (SSSR count). The molecule has 0 aliphatic carbocycles. The van der Waals surface area contributed by atoms with E-state index in [0.717, 1.165) is 17.7 Å². The summed E-state index contributed by atoms with van der Waals surface area (Å²) >= 11 is 0. The second-order valence-electron chi connectivity index (χ2n) is 5.87. The molecule has 0 fully saturated rings. The minimum Gasteiger partial charge on any atom is -0.353 e. The van der Waals surface area contributed by atoms with E-state index in [0.29, 0.717) is 23.6 Å². The van der Waals surface area contributed by atoms with Crippen molar-refractivity contribution in [1.82, 2.24) is 4.98 Å². The second kappa shape index (κ2) is 6.36. The van der Waals surface area contributed by atoms with Crippen LogP contribution in [0.1, 0.15) is 16.1 Å². The number of aromatic nitrogens is 1. The fraction of sp³-hybridized carbons (Fsp3) is 0.100. The summed E-state index contributed by atoms with van der Waals surface area (Å²) in [6.45, 7) is 0.644. The quantitative estimate of drug-likeness (QED) is 0.782. The summed E-state index contributed by atoms with van der Waals surface area (Å²) in [6, 6.07) is 17.7. The van der Waals surface area contributed by atoms with Gasteiger partial charge in [-0.05, 0) is 42.3 Å². The largest absolute Gasteiger partial charge is 0.353 e. The number of rotatable bonds is 3. The summed E-state index contributed by atoms with van der Waals surface area (Å²) in [5.74, 6) is -0.497. The van der Waals surface area contributed by atoms with Gasteiger partial charge < -0.3 is 10.2 Å². The number of nitrogens with one attached hydrogen (secondary N) is 1. The number of anilines is 3. The Balaban J connectivity index is 1.60. The van der Waals surface area contributed by atoms with Crippen LogP contribution in [0.3, 0.4) is 0 Å². The minimum atomic E-state index is -0.347. The maximum absolute atomic E-state index is 13.8. The molecule has 0 saturated heterocycles. The first kappa shape index (κ1) is 15.3. The molecule has 1 amide bonds. The third-order valence-electron chi connectivity index (χ3n) is 4.26. The smallest absolute Gasteiger partial charge is 0.276 e. The number of amides is 1. The number of carbonyl (C=O) groups is 1. The molecule has 1 aliphatic rings. The van der Waals surface area contributed by atoms with Crippen molar-refractivity contribution in [3.05, 3.63) is 83.9 Å². The number of para-hydroxylation sites is 2. The number of fused-ring (bicyclic) bond motifs is 1. The molecule has 2 aromatic carbocycles. The molecule has 25 heavy (non-hydrogen) atoms.